The number of nitrogens with zero attached hydrogens (tertiary/aromatic N) is 3. The Morgan fingerprint density at radius 3 is 2.23 bits per heavy atom. The molecule has 0 saturated carbocycles. The molecule has 4 rings (SSSR count). The molecule has 0 bridgehead atoms. The van der Waals surface area contributed by atoms with E-state index in [0.29, 0.717) is 17.5 Å². The van der Waals surface area contributed by atoms with E-state index in [1.807, 2.05) is 38.1 Å². The summed E-state index contributed by atoms with van der Waals surface area (Å²) in [6.45, 7) is 3.91. The zero-order valence-electron chi connectivity index (χ0n) is 19.5. The van der Waals surface area contributed by atoms with Crippen molar-refractivity contribution >= 4 is 11.8 Å². The van der Waals surface area contributed by atoms with Gasteiger partial charge in [0.1, 0.15) is 5.78 Å². The SMILES string of the molecule is Cc1ccc(CCC(=O)C(Cc2ccc(OC(=O)c3ccc(C)cc3)c(F)c2)c2nn[nH]n2)cc1. The van der Waals surface area contributed by atoms with E-state index in [1.54, 1.807) is 30.3 Å². The van der Waals surface area contributed by atoms with Crippen molar-refractivity contribution in [1.82, 2.24) is 20.6 Å². The Kier molecular flexibility index (Phi) is 7.40. The molecule has 0 radical (unpaired) electrons. The fraction of sp³-hybridized carbons (Fsp3) is 0.222. The second-order valence-electron chi connectivity index (χ2n) is 8.50. The molecule has 1 aromatic heterocycles. The number of aromatic amines is 1. The summed E-state index contributed by atoms with van der Waals surface area (Å²) in [6.07, 6.45) is 1.06. The summed E-state index contributed by atoms with van der Waals surface area (Å²) in [4.78, 5) is 25.4. The molecule has 0 saturated heterocycles. The predicted molar refractivity (Wildman–Crippen MR) is 128 cm³/mol. The van der Waals surface area contributed by atoms with Crippen LogP contribution in [0.5, 0.6) is 5.75 Å². The Bertz CT molecular complexity index is 1300. The molecule has 0 aliphatic heterocycles. The minimum absolute atomic E-state index is 0.0674. The lowest BCUT2D eigenvalue weighted by molar-refractivity contribution is -0.120. The van der Waals surface area contributed by atoms with Crippen molar-refractivity contribution in [2.45, 2.75) is 39.0 Å². The Balaban J connectivity index is 1.45. The summed E-state index contributed by atoms with van der Waals surface area (Å²) >= 11 is 0. The molecule has 1 N–H and O–H groups in total. The van der Waals surface area contributed by atoms with Gasteiger partial charge in [-0.15, -0.1) is 10.2 Å². The number of carbonyl (C=O) groups excluding carboxylic acids is 2. The standard InChI is InChI=1S/C27H25FN4O3/c1-17-3-7-19(8-4-17)9-13-24(33)22(26-29-31-32-30-26)15-20-10-14-25(23(28)16-20)35-27(34)21-11-5-18(2)6-12-21/h3-8,10-12,14,16,22H,9,13,15H2,1-2H3,(H,29,30,31,32). The summed E-state index contributed by atoms with van der Waals surface area (Å²) in [7, 11) is 0. The number of benzene rings is 3. The number of aryl methyl sites for hydroxylation is 3. The molecule has 0 fully saturated rings. The van der Waals surface area contributed by atoms with Crippen molar-refractivity contribution in [2.24, 2.45) is 0 Å². The molecular formula is C27H25FN4O3. The summed E-state index contributed by atoms with van der Waals surface area (Å²) in [6, 6.07) is 19.1. The average molecular weight is 473 g/mol. The van der Waals surface area contributed by atoms with Crippen LogP contribution in [-0.2, 0) is 17.6 Å². The van der Waals surface area contributed by atoms with Crippen molar-refractivity contribution in [1.29, 1.82) is 0 Å². The van der Waals surface area contributed by atoms with Gasteiger partial charge in [-0.05, 0) is 62.1 Å². The van der Waals surface area contributed by atoms with Gasteiger partial charge in [0.05, 0.1) is 11.5 Å². The first-order chi connectivity index (χ1) is 16.9. The number of carbonyl (C=O) groups is 2. The Labute approximate surface area is 202 Å². The zero-order chi connectivity index (χ0) is 24.8. The van der Waals surface area contributed by atoms with E-state index in [0.717, 1.165) is 16.7 Å². The maximum absolute atomic E-state index is 14.8. The molecule has 1 atom stereocenters. The number of halogens is 1. The van der Waals surface area contributed by atoms with Gasteiger partial charge in [-0.25, -0.2) is 9.18 Å². The fourth-order valence-electron chi connectivity index (χ4n) is 3.70. The van der Waals surface area contributed by atoms with Gasteiger partial charge in [0.15, 0.2) is 17.4 Å². The van der Waals surface area contributed by atoms with Crippen molar-refractivity contribution < 1.29 is 18.7 Å². The maximum atomic E-state index is 14.8. The van der Waals surface area contributed by atoms with Crippen LogP contribution < -0.4 is 4.74 Å². The van der Waals surface area contributed by atoms with Gasteiger partial charge in [-0.3, -0.25) is 4.79 Å². The van der Waals surface area contributed by atoms with Crippen molar-refractivity contribution in [3.63, 3.8) is 0 Å². The highest BCUT2D eigenvalue weighted by molar-refractivity contribution is 5.91. The highest BCUT2D eigenvalue weighted by Gasteiger charge is 2.25. The van der Waals surface area contributed by atoms with Crippen molar-refractivity contribution in [3.05, 3.63) is 106 Å². The summed E-state index contributed by atoms with van der Waals surface area (Å²) in [5.74, 6) is -2.01. The van der Waals surface area contributed by atoms with Crippen LogP contribution in [0.25, 0.3) is 0 Å². The van der Waals surface area contributed by atoms with Crippen LogP contribution in [-0.4, -0.2) is 32.4 Å². The third-order valence-corrected chi connectivity index (χ3v) is 5.77. The van der Waals surface area contributed by atoms with E-state index < -0.39 is 17.7 Å². The molecule has 7 nitrogen and oxygen atoms in total. The topological polar surface area (TPSA) is 97.8 Å². The van der Waals surface area contributed by atoms with Crippen LogP contribution >= 0.6 is 0 Å². The van der Waals surface area contributed by atoms with E-state index in [-0.39, 0.29) is 30.2 Å². The summed E-state index contributed by atoms with van der Waals surface area (Å²) in [5, 5.41) is 13.9. The minimum atomic E-state index is -0.693. The Morgan fingerprint density at radius 2 is 1.60 bits per heavy atom. The second-order valence-corrected chi connectivity index (χ2v) is 8.50. The summed E-state index contributed by atoms with van der Waals surface area (Å²) < 4.78 is 20.0. The first-order valence-electron chi connectivity index (χ1n) is 11.3. The van der Waals surface area contributed by atoms with Crippen LogP contribution in [0.1, 0.15) is 50.8 Å². The monoisotopic (exact) mass is 472 g/mol. The third kappa shape index (κ3) is 6.23. The Morgan fingerprint density at radius 1 is 0.943 bits per heavy atom. The number of Topliss-reactive ketones (excluding diaryl/α,β-unsaturated/α-hetero) is 1. The number of tetrazole rings is 1. The molecule has 0 spiro atoms. The highest BCUT2D eigenvalue weighted by Crippen LogP contribution is 2.25. The van der Waals surface area contributed by atoms with Gasteiger partial charge < -0.3 is 4.74 Å². The summed E-state index contributed by atoms with van der Waals surface area (Å²) in [5.41, 5.74) is 4.09. The normalized spacial score (nSPS) is 11.7. The van der Waals surface area contributed by atoms with Crippen molar-refractivity contribution in [2.75, 3.05) is 0 Å². The lowest BCUT2D eigenvalue weighted by atomic mass is 9.91. The molecule has 35 heavy (non-hydrogen) atoms. The van der Waals surface area contributed by atoms with E-state index in [2.05, 4.69) is 20.6 Å². The van der Waals surface area contributed by atoms with Gasteiger partial charge in [0.25, 0.3) is 0 Å². The van der Waals surface area contributed by atoms with Crippen LogP contribution in [0.15, 0.2) is 66.7 Å². The molecule has 0 amide bonds. The largest absolute Gasteiger partial charge is 0.420 e. The van der Waals surface area contributed by atoms with E-state index in [9.17, 15) is 14.0 Å². The number of rotatable bonds is 9. The van der Waals surface area contributed by atoms with Gasteiger partial charge in [0, 0.05) is 6.42 Å². The van der Waals surface area contributed by atoms with E-state index in [4.69, 9.17) is 4.74 Å². The van der Waals surface area contributed by atoms with Crippen LogP contribution in [0.3, 0.4) is 0 Å². The molecule has 1 unspecified atom stereocenters. The minimum Gasteiger partial charge on any atom is -0.420 e. The van der Waals surface area contributed by atoms with E-state index in [1.165, 1.54) is 12.1 Å². The molecule has 0 aliphatic carbocycles. The second kappa shape index (κ2) is 10.8. The number of ketones is 1. The van der Waals surface area contributed by atoms with Gasteiger partial charge >= 0.3 is 5.97 Å². The number of ether oxygens (including phenoxy) is 1. The first kappa shape index (κ1) is 23.9. The average Bonchev–Trinajstić information content (AvgIpc) is 3.38. The molecule has 4 aromatic rings. The number of aromatic nitrogens is 4. The number of esters is 1. The Hall–Kier alpha value is -4.20. The lowest BCUT2D eigenvalue weighted by Crippen LogP contribution is -2.18. The smallest absolute Gasteiger partial charge is 0.343 e. The molecule has 1 heterocycles. The number of nitrogens with one attached hydrogen (secondary N) is 1. The highest BCUT2D eigenvalue weighted by atomic mass is 19.1. The van der Waals surface area contributed by atoms with Crippen molar-refractivity contribution in [3.8, 4) is 5.75 Å². The maximum Gasteiger partial charge on any atom is 0.343 e. The quantitative estimate of drug-likeness (QED) is 0.280. The predicted octanol–water partition coefficient (Wildman–Crippen LogP) is 4.70. The number of hydrogen-bond acceptors (Lipinski definition) is 6. The van der Waals surface area contributed by atoms with Gasteiger partial charge in [-0.2, -0.15) is 5.21 Å². The van der Waals surface area contributed by atoms with E-state index >= 15 is 0 Å². The number of H-pyrrole nitrogens is 1. The molecular weight excluding hydrogens is 447 g/mol. The van der Waals surface area contributed by atoms with Crippen LogP contribution in [0, 0.1) is 19.7 Å². The molecule has 3 aromatic carbocycles. The molecule has 8 heteroatoms. The fourth-order valence-corrected chi connectivity index (χ4v) is 3.70. The lowest BCUT2D eigenvalue weighted by Gasteiger charge is -2.13. The molecule has 178 valence electrons. The van der Waals surface area contributed by atoms with Gasteiger partial charge in [0.2, 0.25) is 0 Å². The van der Waals surface area contributed by atoms with Crippen LogP contribution in [0.2, 0.25) is 0 Å². The third-order valence-electron chi connectivity index (χ3n) is 5.77. The van der Waals surface area contributed by atoms with Crippen LogP contribution in [0.4, 0.5) is 4.39 Å². The zero-order valence-corrected chi connectivity index (χ0v) is 19.5. The number of hydrogen-bond donors (Lipinski definition) is 1. The van der Waals surface area contributed by atoms with Gasteiger partial charge in [-0.1, -0.05) is 58.8 Å². The first-order valence-corrected chi connectivity index (χ1v) is 11.3. The molecule has 0 aliphatic rings.